The molecule has 0 radical (unpaired) electrons. The quantitative estimate of drug-likeness (QED) is 0.299. The molecule has 0 atom stereocenters. The van der Waals surface area contributed by atoms with Gasteiger partial charge in [0.2, 0.25) is 0 Å². The lowest BCUT2D eigenvalue weighted by Crippen LogP contribution is -1.97. The molecule has 3 heteroatoms. The summed E-state index contributed by atoms with van der Waals surface area (Å²) in [5.74, 6) is -2.82. The van der Waals surface area contributed by atoms with Crippen molar-refractivity contribution in [3.63, 3.8) is 0 Å². The zero-order chi connectivity index (χ0) is 18.9. The molecule has 0 aliphatic heterocycles. The smallest absolute Gasteiger partial charge is 0.167 e. The van der Waals surface area contributed by atoms with Crippen molar-refractivity contribution < 1.29 is 13.2 Å². The van der Waals surface area contributed by atoms with E-state index < -0.39 is 17.5 Å². The second-order valence-corrected chi connectivity index (χ2v) is 7.08. The van der Waals surface area contributed by atoms with E-state index in [2.05, 4.69) is 6.92 Å². The Hall–Kier alpha value is -1.77. The van der Waals surface area contributed by atoms with E-state index in [-0.39, 0.29) is 11.1 Å². The maximum Gasteiger partial charge on any atom is 0.167 e. The number of halogens is 3. The molecule has 0 aliphatic carbocycles. The highest BCUT2D eigenvalue weighted by atomic mass is 19.2. The first-order valence-corrected chi connectivity index (χ1v) is 9.78. The first kappa shape index (κ1) is 20.5. The summed E-state index contributed by atoms with van der Waals surface area (Å²) < 4.78 is 41.5. The summed E-state index contributed by atoms with van der Waals surface area (Å²) in [6, 6.07) is 8.40. The van der Waals surface area contributed by atoms with Crippen LogP contribution in [0.4, 0.5) is 13.2 Å². The number of benzene rings is 2. The van der Waals surface area contributed by atoms with Crippen LogP contribution >= 0.6 is 0 Å². The van der Waals surface area contributed by atoms with Crippen molar-refractivity contribution in [3.8, 4) is 11.1 Å². The molecule has 0 spiro atoms. The van der Waals surface area contributed by atoms with Crippen LogP contribution in [0.2, 0.25) is 0 Å². The molecule has 0 unspecified atom stereocenters. The molecular formula is C23H29F3. The highest BCUT2D eigenvalue weighted by Crippen LogP contribution is 2.28. The standard InChI is InChI=1S/C23H29F3/c1-3-4-5-6-7-8-9-10-11-18-12-14-19(15-13-18)20-16-21(24)17(2)22(25)23(20)26/h12-16H,3-11H2,1-2H3. The van der Waals surface area contributed by atoms with E-state index in [1.807, 2.05) is 12.1 Å². The Labute approximate surface area is 155 Å². The highest BCUT2D eigenvalue weighted by molar-refractivity contribution is 5.65. The molecule has 0 bridgehead atoms. The van der Waals surface area contributed by atoms with Crippen LogP contribution in [0, 0.1) is 24.4 Å². The van der Waals surface area contributed by atoms with Crippen molar-refractivity contribution in [2.24, 2.45) is 0 Å². The van der Waals surface area contributed by atoms with Gasteiger partial charge in [0.05, 0.1) is 0 Å². The van der Waals surface area contributed by atoms with Crippen LogP contribution in [0.1, 0.15) is 69.4 Å². The molecule has 0 saturated heterocycles. The first-order valence-electron chi connectivity index (χ1n) is 9.78. The minimum absolute atomic E-state index is 0.0239. The molecule has 0 aromatic heterocycles. The van der Waals surface area contributed by atoms with Gasteiger partial charge in [0, 0.05) is 11.1 Å². The maximum atomic E-state index is 14.1. The summed E-state index contributed by atoms with van der Waals surface area (Å²) in [5.41, 5.74) is 1.37. The van der Waals surface area contributed by atoms with Gasteiger partial charge in [-0.25, -0.2) is 13.2 Å². The lowest BCUT2D eigenvalue weighted by molar-refractivity contribution is 0.489. The molecule has 0 aliphatic rings. The van der Waals surface area contributed by atoms with E-state index in [1.54, 1.807) is 12.1 Å². The topological polar surface area (TPSA) is 0 Å². The van der Waals surface area contributed by atoms with Crippen molar-refractivity contribution in [2.45, 2.75) is 71.6 Å². The van der Waals surface area contributed by atoms with Crippen LogP contribution in [0.15, 0.2) is 30.3 Å². The van der Waals surface area contributed by atoms with Crippen LogP contribution in [-0.2, 0) is 6.42 Å². The maximum absolute atomic E-state index is 14.1. The number of hydrogen-bond acceptors (Lipinski definition) is 0. The summed E-state index contributed by atoms with van der Waals surface area (Å²) in [6.45, 7) is 3.47. The van der Waals surface area contributed by atoms with Crippen LogP contribution in [0.5, 0.6) is 0 Å². The summed E-state index contributed by atoms with van der Waals surface area (Å²) in [4.78, 5) is 0. The Balaban J connectivity index is 1.85. The molecular weight excluding hydrogens is 333 g/mol. The average molecular weight is 362 g/mol. The number of aryl methyl sites for hydroxylation is 1. The molecule has 0 saturated carbocycles. The van der Waals surface area contributed by atoms with Gasteiger partial charge in [-0.15, -0.1) is 0 Å². The van der Waals surface area contributed by atoms with E-state index >= 15 is 0 Å². The Morgan fingerprint density at radius 1 is 0.731 bits per heavy atom. The van der Waals surface area contributed by atoms with Crippen LogP contribution in [0.3, 0.4) is 0 Å². The van der Waals surface area contributed by atoms with Crippen LogP contribution in [-0.4, -0.2) is 0 Å². The largest absolute Gasteiger partial charge is 0.207 e. The SMILES string of the molecule is CCCCCCCCCCc1ccc(-c2cc(F)c(C)c(F)c2F)cc1. The predicted molar refractivity (Wildman–Crippen MR) is 103 cm³/mol. The third kappa shape index (κ3) is 5.62. The molecule has 0 nitrogen and oxygen atoms in total. The minimum Gasteiger partial charge on any atom is -0.207 e. The molecule has 26 heavy (non-hydrogen) atoms. The van der Waals surface area contributed by atoms with Gasteiger partial charge in [-0.2, -0.15) is 0 Å². The number of unbranched alkanes of at least 4 members (excludes halogenated alkanes) is 7. The van der Waals surface area contributed by atoms with Gasteiger partial charge in [0.1, 0.15) is 5.82 Å². The van der Waals surface area contributed by atoms with E-state index in [1.165, 1.54) is 57.4 Å². The molecule has 0 N–H and O–H groups in total. The lowest BCUT2D eigenvalue weighted by Gasteiger charge is -2.09. The fraction of sp³-hybridized carbons (Fsp3) is 0.478. The van der Waals surface area contributed by atoms with Gasteiger partial charge in [-0.3, -0.25) is 0 Å². The summed E-state index contributed by atoms with van der Waals surface area (Å²) in [5, 5.41) is 0. The van der Waals surface area contributed by atoms with Crippen molar-refractivity contribution in [2.75, 3.05) is 0 Å². The highest BCUT2D eigenvalue weighted by Gasteiger charge is 2.16. The normalized spacial score (nSPS) is 11.1. The average Bonchev–Trinajstić information content (AvgIpc) is 2.66. The fourth-order valence-electron chi connectivity index (χ4n) is 3.21. The van der Waals surface area contributed by atoms with Crippen molar-refractivity contribution in [1.29, 1.82) is 0 Å². The van der Waals surface area contributed by atoms with Crippen LogP contribution < -0.4 is 0 Å². The molecule has 0 fully saturated rings. The van der Waals surface area contributed by atoms with Gasteiger partial charge in [0.15, 0.2) is 11.6 Å². The van der Waals surface area contributed by atoms with Gasteiger partial charge in [-0.05, 0) is 37.0 Å². The molecule has 0 amide bonds. The van der Waals surface area contributed by atoms with Gasteiger partial charge < -0.3 is 0 Å². The third-order valence-electron chi connectivity index (χ3n) is 4.97. The Bertz CT molecular complexity index is 690. The number of hydrogen-bond donors (Lipinski definition) is 0. The van der Waals surface area contributed by atoms with Gasteiger partial charge in [-0.1, -0.05) is 76.1 Å². The van der Waals surface area contributed by atoms with E-state index in [4.69, 9.17) is 0 Å². The predicted octanol–water partition coefficient (Wildman–Crippen LogP) is 7.76. The van der Waals surface area contributed by atoms with E-state index in [0.29, 0.717) is 5.56 Å². The number of rotatable bonds is 10. The second-order valence-electron chi connectivity index (χ2n) is 7.08. The van der Waals surface area contributed by atoms with Crippen molar-refractivity contribution in [1.82, 2.24) is 0 Å². The van der Waals surface area contributed by atoms with E-state index in [0.717, 1.165) is 18.9 Å². The first-order chi connectivity index (χ1) is 12.5. The monoisotopic (exact) mass is 362 g/mol. The van der Waals surface area contributed by atoms with Gasteiger partial charge in [0.25, 0.3) is 0 Å². The Kier molecular flexibility index (Phi) is 8.21. The fourth-order valence-corrected chi connectivity index (χ4v) is 3.21. The molecule has 2 rings (SSSR count). The summed E-state index contributed by atoms with van der Waals surface area (Å²) in [7, 11) is 0. The zero-order valence-electron chi connectivity index (χ0n) is 15.9. The lowest BCUT2D eigenvalue weighted by atomic mass is 9.99. The summed E-state index contributed by atoms with van der Waals surface area (Å²) >= 11 is 0. The molecule has 2 aromatic rings. The van der Waals surface area contributed by atoms with E-state index in [9.17, 15) is 13.2 Å². The van der Waals surface area contributed by atoms with Crippen LogP contribution in [0.25, 0.3) is 11.1 Å². The zero-order valence-corrected chi connectivity index (χ0v) is 15.9. The Morgan fingerprint density at radius 2 is 1.31 bits per heavy atom. The second kappa shape index (κ2) is 10.4. The van der Waals surface area contributed by atoms with Crippen molar-refractivity contribution >= 4 is 0 Å². The molecule has 0 heterocycles. The molecule has 2 aromatic carbocycles. The minimum atomic E-state index is -1.11. The van der Waals surface area contributed by atoms with Crippen molar-refractivity contribution in [3.05, 3.63) is 58.9 Å². The summed E-state index contributed by atoms with van der Waals surface area (Å²) in [6.07, 6.45) is 11.2. The molecule has 142 valence electrons. The third-order valence-corrected chi connectivity index (χ3v) is 4.97. The Morgan fingerprint density at radius 3 is 1.92 bits per heavy atom. The van der Waals surface area contributed by atoms with Gasteiger partial charge >= 0.3 is 0 Å².